The lowest BCUT2D eigenvalue weighted by Gasteiger charge is -2.29. The molecule has 0 heterocycles. The van der Waals surface area contributed by atoms with Gasteiger partial charge in [-0.3, -0.25) is 0 Å². The molecule has 1 N–H and O–H groups in total. The van der Waals surface area contributed by atoms with Crippen molar-refractivity contribution in [2.24, 2.45) is 10.5 Å². The van der Waals surface area contributed by atoms with Crippen LogP contribution in [0.4, 0.5) is 0 Å². The quantitative estimate of drug-likeness (QED) is 0.461. The summed E-state index contributed by atoms with van der Waals surface area (Å²) in [6, 6.07) is 9.98. The van der Waals surface area contributed by atoms with Gasteiger partial charge in [-0.15, -0.1) is 0 Å². The molecule has 1 unspecified atom stereocenters. The van der Waals surface area contributed by atoms with Crippen molar-refractivity contribution in [1.82, 2.24) is 0 Å². The van der Waals surface area contributed by atoms with Gasteiger partial charge in [-0.2, -0.15) is 0 Å². The summed E-state index contributed by atoms with van der Waals surface area (Å²) in [7, 11) is 0. The first-order valence-corrected chi connectivity index (χ1v) is 5.29. The van der Waals surface area contributed by atoms with Crippen molar-refractivity contribution in [2.75, 3.05) is 6.54 Å². The second-order valence-corrected chi connectivity index (χ2v) is 4.58. The van der Waals surface area contributed by atoms with Crippen molar-refractivity contribution in [3.05, 3.63) is 46.3 Å². The highest BCUT2D eigenvalue weighted by atomic mass is 16.3. The molecule has 0 aliphatic rings. The summed E-state index contributed by atoms with van der Waals surface area (Å²) in [6.07, 6.45) is 0.138. The normalized spacial score (nSPS) is 12.9. The monoisotopic (exact) mass is 219 g/mol. The highest BCUT2D eigenvalue weighted by Gasteiger charge is 2.27. The first-order valence-electron chi connectivity index (χ1n) is 5.29. The van der Waals surface area contributed by atoms with Crippen molar-refractivity contribution in [3.63, 3.8) is 0 Å². The lowest BCUT2D eigenvalue weighted by molar-refractivity contribution is 0.0579. The minimum atomic E-state index is -0.622. The van der Waals surface area contributed by atoms with Gasteiger partial charge in [0.25, 0.3) is 0 Å². The van der Waals surface area contributed by atoms with E-state index in [9.17, 15) is 5.11 Å². The lowest BCUT2D eigenvalue weighted by Crippen LogP contribution is -2.33. The van der Waals surface area contributed by atoms with Gasteiger partial charge in [0.2, 0.25) is 0 Å². The molecule has 0 aliphatic heterocycles. The third kappa shape index (κ3) is 3.57. The van der Waals surface area contributed by atoms with Crippen LogP contribution < -0.4 is 0 Å². The smallest absolute Gasteiger partial charge is 0.0650 e. The first kappa shape index (κ1) is 12.6. The predicted molar refractivity (Wildman–Crippen MR) is 63.9 cm³/mol. The van der Waals surface area contributed by atoms with Crippen LogP contribution in [-0.2, 0) is 6.42 Å². The van der Waals surface area contributed by atoms with E-state index in [-0.39, 0.29) is 12.0 Å². The van der Waals surface area contributed by atoms with Gasteiger partial charge in [-0.1, -0.05) is 49.3 Å². The van der Waals surface area contributed by atoms with E-state index in [0.29, 0.717) is 0 Å². The van der Waals surface area contributed by atoms with Crippen molar-refractivity contribution in [2.45, 2.75) is 26.4 Å². The van der Waals surface area contributed by atoms with Gasteiger partial charge >= 0.3 is 0 Å². The van der Waals surface area contributed by atoms with E-state index in [1.54, 1.807) is 0 Å². The highest BCUT2D eigenvalue weighted by molar-refractivity contribution is 5.16. The lowest BCUT2D eigenvalue weighted by atomic mass is 9.80. The summed E-state index contributed by atoms with van der Waals surface area (Å²) in [6.45, 7) is 4.06. The zero-order chi connectivity index (χ0) is 12.0. The molecule has 0 aromatic heterocycles. The molecule has 1 aromatic rings. The highest BCUT2D eigenvalue weighted by Crippen LogP contribution is 2.26. The van der Waals surface area contributed by atoms with Crippen LogP contribution in [0.2, 0.25) is 0 Å². The molecule has 1 aromatic carbocycles. The van der Waals surface area contributed by atoms with Crippen molar-refractivity contribution < 1.29 is 5.11 Å². The number of benzene rings is 1. The molecule has 16 heavy (non-hydrogen) atoms. The third-order valence-electron chi connectivity index (χ3n) is 2.72. The van der Waals surface area contributed by atoms with E-state index in [1.165, 1.54) is 5.56 Å². The maximum atomic E-state index is 9.90. The molecule has 0 amide bonds. The Bertz CT molecular complexity index is 369. The summed E-state index contributed by atoms with van der Waals surface area (Å²) in [5.41, 5.74) is 9.10. The summed E-state index contributed by atoms with van der Waals surface area (Å²) < 4.78 is 0. The average Bonchev–Trinajstić information content (AvgIpc) is 2.26. The summed E-state index contributed by atoms with van der Waals surface area (Å²) in [5, 5.41) is 13.3. The van der Waals surface area contributed by atoms with Crippen LogP contribution in [0.3, 0.4) is 0 Å². The second-order valence-electron chi connectivity index (χ2n) is 4.58. The van der Waals surface area contributed by atoms with Gasteiger partial charge in [0.1, 0.15) is 0 Å². The molecule has 1 atom stereocenters. The van der Waals surface area contributed by atoms with E-state index in [1.807, 2.05) is 44.2 Å². The number of aliphatic hydroxyl groups excluding tert-OH is 1. The van der Waals surface area contributed by atoms with Crippen LogP contribution in [0.5, 0.6) is 0 Å². The summed E-state index contributed by atoms with van der Waals surface area (Å²) in [5.74, 6) is 0. The van der Waals surface area contributed by atoms with E-state index >= 15 is 0 Å². The Balaban J connectivity index is 2.67. The Hall–Kier alpha value is -1.51. The molecule has 0 fully saturated rings. The molecule has 4 heteroatoms. The fraction of sp³-hybridized carbons (Fsp3) is 0.500. The van der Waals surface area contributed by atoms with Crippen LogP contribution in [0.15, 0.2) is 35.4 Å². The Morgan fingerprint density at radius 2 is 2.00 bits per heavy atom. The molecule has 86 valence electrons. The standard InChI is InChI=1S/C12H17N3O/c1-12(2,11(16)9-14-15-13)8-10-6-4-3-5-7-10/h3-7,11,16H,8-9H2,1-2H3. The second kappa shape index (κ2) is 5.54. The van der Waals surface area contributed by atoms with E-state index in [4.69, 9.17) is 5.53 Å². The summed E-state index contributed by atoms with van der Waals surface area (Å²) in [4.78, 5) is 2.66. The molecular formula is C12H17N3O. The minimum Gasteiger partial charge on any atom is -0.392 e. The van der Waals surface area contributed by atoms with Crippen molar-refractivity contribution in [1.29, 1.82) is 0 Å². The maximum absolute atomic E-state index is 9.90. The largest absolute Gasteiger partial charge is 0.392 e. The fourth-order valence-corrected chi connectivity index (χ4v) is 1.60. The first-order chi connectivity index (χ1) is 7.56. The number of aliphatic hydroxyl groups is 1. The molecule has 0 bridgehead atoms. The number of hydrogen-bond acceptors (Lipinski definition) is 2. The maximum Gasteiger partial charge on any atom is 0.0650 e. The Kier molecular flexibility index (Phi) is 4.35. The Morgan fingerprint density at radius 3 is 2.56 bits per heavy atom. The van der Waals surface area contributed by atoms with Crippen molar-refractivity contribution in [3.8, 4) is 0 Å². The van der Waals surface area contributed by atoms with Crippen LogP contribution in [-0.4, -0.2) is 17.8 Å². The zero-order valence-corrected chi connectivity index (χ0v) is 9.67. The number of hydrogen-bond donors (Lipinski definition) is 1. The Labute approximate surface area is 95.5 Å². The predicted octanol–water partition coefficient (Wildman–Crippen LogP) is 2.93. The van der Waals surface area contributed by atoms with Crippen LogP contribution >= 0.6 is 0 Å². The summed E-state index contributed by atoms with van der Waals surface area (Å²) >= 11 is 0. The molecular weight excluding hydrogens is 202 g/mol. The number of azide groups is 1. The van der Waals surface area contributed by atoms with Crippen LogP contribution in [0.1, 0.15) is 19.4 Å². The Morgan fingerprint density at radius 1 is 1.38 bits per heavy atom. The van der Waals surface area contributed by atoms with Crippen LogP contribution in [0.25, 0.3) is 10.4 Å². The number of nitrogens with zero attached hydrogens (tertiary/aromatic N) is 3. The molecule has 1 rings (SSSR count). The zero-order valence-electron chi connectivity index (χ0n) is 9.67. The van der Waals surface area contributed by atoms with Crippen LogP contribution in [0, 0.1) is 5.41 Å². The van der Waals surface area contributed by atoms with Gasteiger partial charge < -0.3 is 5.11 Å². The minimum absolute atomic E-state index is 0.121. The van der Waals surface area contributed by atoms with E-state index in [2.05, 4.69) is 10.0 Å². The van der Waals surface area contributed by atoms with Gasteiger partial charge in [-0.05, 0) is 22.9 Å². The molecule has 0 aliphatic carbocycles. The van der Waals surface area contributed by atoms with Gasteiger partial charge in [0, 0.05) is 4.91 Å². The van der Waals surface area contributed by atoms with Gasteiger partial charge in [0.05, 0.1) is 12.6 Å². The molecule has 4 nitrogen and oxygen atoms in total. The third-order valence-corrected chi connectivity index (χ3v) is 2.72. The average molecular weight is 219 g/mol. The van der Waals surface area contributed by atoms with Crippen molar-refractivity contribution >= 4 is 0 Å². The molecule has 0 radical (unpaired) electrons. The number of rotatable bonds is 5. The van der Waals surface area contributed by atoms with E-state index in [0.717, 1.165) is 6.42 Å². The topological polar surface area (TPSA) is 69.0 Å². The van der Waals surface area contributed by atoms with E-state index < -0.39 is 6.10 Å². The van der Waals surface area contributed by atoms with Gasteiger partial charge in [0.15, 0.2) is 0 Å². The molecule has 0 spiro atoms. The molecule has 0 saturated heterocycles. The van der Waals surface area contributed by atoms with Gasteiger partial charge in [-0.25, -0.2) is 0 Å². The SMILES string of the molecule is CC(C)(Cc1ccccc1)C(O)CN=[N+]=[N-]. The molecule has 0 saturated carbocycles. The fourth-order valence-electron chi connectivity index (χ4n) is 1.60.